The van der Waals surface area contributed by atoms with Gasteiger partial charge in [0, 0.05) is 31.9 Å². The minimum absolute atomic E-state index is 0.00427. The van der Waals surface area contributed by atoms with E-state index >= 15 is 0 Å². The van der Waals surface area contributed by atoms with Crippen molar-refractivity contribution in [3.8, 4) is 6.07 Å². The van der Waals surface area contributed by atoms with Crippen molar-refractivity contribution in [1.29, 1.82) is 5.26 Å². The summed E-state index contributed by atoms with van der Waals surface area (Å²) in [6.45, 7) is 2.46. The fourth-order valence-electron chi connectivity index (χ4n) is 2.68. The maximum Gasteiger partial charge on any atom is 0.253 e. The van der Waals surface area contributed by atoms with E-state index in [9.17, 15) is 4.79 Å². The molecule has 0 spiro atoms. The van der Waals surface area contributed by atoms with E-state index in [1.807, 2.05) is 6.07 Å². The molecule has 0 atom stereocenters. The van der Waals surface area contributed by atoms with Crippen molar-refractivity contribution in [2.45, 2.75) is 19.4 Å². The SMILES string of the molecule is N#Cc1cnc(N2CCC(Cn3cnccc3=O)CC2)cn1. The van der Waals surface area contributed by atoms with Crippen molar-refractivity contribution < 1.29 is 0 Å². The average Bonchev–Trinajstić information content (AvgIpc) is 2.58. The van der Waals surface area contributed by atoms with E-state index in [1.165, 1.54) is 18.5 Å². The molecule has 2 aromatic rings. The molecule has 0 N–H and O–H groups in total. The summed E-state index contributed by atoms with van der Waals surface area (Å²) in [7, 11) is 0. The fourth-order valence-corrected chi connectivity index (χ4v) is 2.68. The van der Waals surface area contributed by atoms with Gasteiger partial charge in [0.05, 0.1) is 18.7 Å². The number of rotatable bonds is 3. The topological polar surface area (TPSA) is 87.7 Å². The van der Waals surface area contributed by atoms with Crippen LogP contribution in [0.4, 0.5) is 5.82 Å². The molecule has 1 aliphatic heterocycles. The van der Waals surface area contributed by atoms with Gasteiger partial charge in [-0.2, -0.15) is 5.26 Å². The summed E-state index contributed by atoms with van der Waals surface area (Å²) in [5, 5.41) is 8.74. The highest BCUT2D eigenvalue weighted by Gasteiger charge is 2.21. The summed E-state index contributed by atoms with van der Waals surface area (Å²) >= 11 is 0. The Morgan fingerprint density at radius 2 is 2.09 bits per heavy atom. The van der Waals surface area contributed by atoms with Crippen molar-refractivity contribution in [3.63, 3.8) is 0 Å². The number of nitriles is 1. The Kier molecular flexibility index (Phi) is 4.10. The predicted octanol–water partition coefficient (Wildman–Crippen LogP) is 0.822. The molecule has 1 aliphatic rings. The van der Waals surface area contributed by atoms with Crippen LogP contribution in [0.15, 0.2) is 35.8 Å². The van der Waals surface area contributed by atoms with Gasteiger partial charge in [-0.3, -0.25) is 9.36 Å². The number of piperidine rings is 1. The van der Waals surface area contributed by atoms with E-state index in [0.29, 0.717) is 18.2 Å². The van der Waals surface area contributed by atoms with Crippen molar-refractivity contribution in [3.05, 3.63) is 47.0 Å². The largest absolute Gasteiger partial charge is 0.355 e. The zero-order valence-corrected chi connectivity index (χ0v) is 12.1. The molecule has 0 aromatic carbocycles. The lowest BCUT2D eigenvalue weighted by Crippen LogP contribution is -2.36. The molecule has 1 saturated heterocycles. The normalized spacial score (nSPS) is 15.5. The van der Waals surface area contributed by atoms with Crippen LogP contribution in [-0.4, -0.2) is 32.6 Å². The molecule has 22 heavy (non-hydrogen) atoms. The number of hydrogen-bond acceptors (Lipinski definition) is 6. The first-order valence-corrected chi connectivity index (χ1v) is 7.24. The first-order valence-electron chi connectivity index (χ1n) is 7.24. The monoisotopic (exact) mass is 296 g/mol. The first kappa shape index (κ1) is 14.2. The quantitative estimate of drug-likeness (QED) is 0.833. The van der Waals surface area contributed by atoms with Crippen LogP contribution >= 0.6 is 0 Å². The van der Waals surface area contributed by atoms with E-state index in [0.717, 1.165) is 31.7 Å². The van der Waals surface area contributed by atoms with Gasteiger partial charge in [0.2, 0.25) is 0 Å². The zero-order valence-electron chi connectivity index (χ0n) is 12.1. The molecule has 0 saturated carbocycles. The van der Waals surface area contributed by atoms with E-state index in [1.54, 1.807) is 17.1 Å². The minimum atomic E-state index is -0.00427. The number of anilines is 1. The summed E-state index contributed by atoms with van der Waals surface area (Å²) in [4.78, 5) is 26.2. The Morgan fingerprint density at radius 3 is 2.73 bits per heavy atom. The Labute approximate surface area is 127 Å². The minimum Gasteiger partial charge on any atom is -0.355 e. The van der Waals surface area contributed by atoms with Gasteiger partial charge in [-0.25, -0.2) is 15.0 Å². The highest BCUT2D eigenvalue weighted by molar-refractivity contribution is 5.37. The van der Waals surface area contributed by atoms with Gasteiger partial charge in [0.15, 0.2) is 5.69 Å². The molecule has 0 bridgehead atoms. The standard InChI is InChI=1S/C15H16N6O/c16-7-13-8-19-14(9-18-13)20-5-2-12(3-6-20)10-21-11-17-4-1-15(21)22/h1,4,8-9,11-12H,2-3,5-6,10H2. The molecule has 1 fully saturated rings. The van der Waals surface area contributed by atoms with E-state index < -0.39 is 0 Å². The molecular weight excluding hydrogens is 280 g/mol. The molecule has 3 heterocycles. The molecule has 0 amide bonds. The van der Waals surface area contributed by atoms with Crippen LogP contribution in [0.5, 0.6) is 0 Å². The lowest BCUT2D eigenvalue weighted by atomic mass is 9.97. The first-order chi connectivity index (χ1) is 10.8. The Morgan fingerprint density at radius 1 is 1.27 bits per heavy atom. The maximum absolute atomic E-state index is 11.7. The van der Waals surface area contributed by atoms with Crippen LogP contribution in [0.25, 0.3) is 0 Å². The molecule has 7 nitrogen and oxygen atoms in total. The lowest BCUT2D eigenvalue weighted by molar-refractivity contribution is 0.350. The Bertz CT molecular complexity index is 725. The number of aromatic nitrogens is 4. The van der Waals surface area contributed by atoms with E-state index in [2.05, 4.69) is 19.9 Å². The number of nitrogens with zero attached hydrogens (tertiary/aromatic N) is 6. The molecule has 112 valence electrons. The summed E-state index contributed by atoms with van der Waals surface area (Å²) in [5.74, 6) is 1.26. The average molecular weight is 296 g/mol. The molecule has 0 radical (unpaired) electrons. The predicted molar refractivity (Wildman–Crippen MR) is 80.2 cm³/mol. The highest BCUT2D eigenvalue weighted by Crippen LogP contribution is 2.22. The lowest BCUT2D eigenvalue weighted by Gasteiger charge is -2.32. The molecule has 0 unspecified atom stereocenters. The van der Waals surface area contributed by atoms with Gasteiger partial charge >= 0.3 is 0 Å². The van der Waals surface area contributed by atoms with Crippen molar-refractivity contribution in [2.75, 3.05) is 18.0 Å². The Balaban J connectivity index is 1.59. The smallest absolute Gasteiger partial charge is 0.253 e. The van der Waals surface area contributed by atoms with Gasteiger partial charge in [0.1, 0.15) is 11.9 Å². The molecule has 0 aliphatic carbocycles. The molecule has 7 heteroatoms. The molecule has 3 rings (SSSR count). The molecule has 2 aromatic heterocycles. The number of hydrogen-bond donors (Lipinski definition) is 0. The van der Waals surface area contributed by atoms with Gasteiger partial charge < -0.3 is 4.90 Å². The van der Waals surface area contributed by atoms with Crippen molar-refractivity contribution in [1.82, 2.24) is 19.5 Å². The Hall–Kier alpha value is -2.75. The summed E-state index contributed by atoms with van der Waals surface area (Å²) in [6.07, 6.45) is 8.24. The van der Waals surface area contributed by atoms with Gasteiger partial charge in [-0.05, 0) is 18.8 Å². The second kappa shape index (κ2) is 6.35. The van der Waals surface area contributed by atoms with Gasteiger partial charge in [0.25, 0.3) is 5.56 Å². The van der Waals surface area contributed by atoms with Crippen LogP contribution in [0.2, 0.25) is 0 Å². The van der Waals surface area contributed by atoms with Gasteiger partial charge in [-0.15, -0.1) is 0 Å². The van der Waals surface area contributed by atoms with Crippen LogP contribution in [0, 0.1) is 17.2 Å². The van der Waals surface area contributed by atoms with E-state index in [4.69, 9.17) is 5.26 Å². The van der Waals surface area contributed by atoms with Crippen molar-refractivity contribution >= 4 is 5.82 Å². The second-order valence-electron chi connectivity index (χ2n) is 5.37. The van der Waals surface area contributed by atoms with Gasteiger partial charge in [-0.1, -0.05) is 0 Å². The second-order valence-corrected chi connectivity index (χ2v) is 5.37. The van der Waals surface area contributed by atoms with Crippen LogP contribution in [0.3, 0.4) is 0 Å². The van der Waals surface area contributed by atoms with E-state index in [-0.39, 0.29) is 5.56 Å². The van der Waals surface area contributed by atoms with Crippen LogP contribution in [0.1, 0.15) is 18.5 Å². The third-order valence-corrected chi connectivity index (χ3v) is 3.94. The van der Waals surface area contributed by atoms with Crippen molar-refractivity contribution in [2.24, 2.45) is 5.92 Å². The summed E-state index contributed by atoms with van der Waals surface area (Å²) < 4.78 is 1.67. The molecular formula is C15H16N6O. The third-order valence-electron chi connectivity index (χ3n) is 3.94. The highest BCUT2D eigenvalue weighted by atomic mass is 16.1. The summed E-state index contributed by atoms with van der Waals surface area (Å²) in [6, 6.07) is 3.45. The third kappa shape index (κ3) is 3.11. The summed E-state index contributed by atoms with van der Waals surface area (Å²) in [5.41, 5.74) is 0.324. The fraction of sp³-hybridized carbons (Fsp3) is 0.400. The van der Waals surface area contributed by atoms with Crippen LogP contribution < -0.4 is 10.5 Å². The zero-order chi connectivity index (χ0) is 15.4. The maximum atomic E-state index is 11.7. The van der Waals surface area contributed by atoms with Crippen LogP contribution in [-0.2, 0) is 6.54 Å².